The number of nitrogens with two attached hydrogens (primary N) is 1. The second-order valence-electron chi connectivity index (χ2n) is 4.07. The van der Waals surface area contributed by atoms with Gasteiger partial charge in [-0.2, -0.15) is 4.99 Å². The maximum atomic E-state index is 12.9. The summed E-state index contributed by atoms with van der Waals surface area (Å²) in [5, 5.41) is 0.228. The number of benzene rings is 1. The Morgan fingerprint density at radius 3 is 2.60 bits per heavy atom. The molecule has 0 bridgehead atoms. The lowest BCUT2D eigenvalue weighted by Crippen LogP contribution is -2.01. The molecule has 1 amide bonds. The van der Waals surface area contributed by atoms with E-state index < -0.39 is 0 Å². The van der Waals surface area contributed by atoms with Crippen LogP contribution in [0.5, 0.6) is 0 Å². The number of hydrogen-bond acceptors (Lipinski definition) is 4. The molecule has 0 aliphatic carbocycles. The van der Waals surface area contributed by atoms with Crippen LogP contribution in [-0.4, -0.2) is 11.1 Å². The Hall–Kier alpha value is -2.34. The van der Waals surface area contributed by atoms with Gasteiger partial charge in [0.2, 0.25) is 0 Å². The second kappa shape index (κ2) is 4.97. The third-order valence-electron chi connectivity index (χ3n) is 2.67. The Bertz CT molecular complexity index is 732. The minimum Gasteiger partial charge on any atom is -0.457 e. The number of rotatable bonds is 2. The Labute approximate surface area is 118 Å². The monoisotopic (exact) mass is 288 g/mol. The summed E-state index contributed by atoms with van der Waals surface area (Å²) in [6.45, 7) is 0. The molecule has 1 aliphatic rings. The molecular weight excluding hydrogens is 279 g/mol. The molecule has 2 aromatic rings. The van der Waals surface area contributed by atoms with Crippen molar-refractivity contribution in [2.75, 3.05) is 0 Å². The quantitative estimate of drug-likeness (QED) is 0.862. The molecule has 0 radical (unpaired) electrons. The van der Waals surface area contributed by atoms with Gasteiger partial charge in [-0.3, -0.25) is 4.79 Å². The number of halogens is 1. The number of carbonyl (C=O) groups excluding carboxylic acids is 1. The Balaban J connectivity index is 1.86. The molecule has 6 heteroatoms. The zero-order chi connectivity index (χ0) is 14.1. The highest BCUT2D eigenvalue weighted by atomic mass is 32.2. The molecule has 0 unspecified atom stereocenters. The topological polar surface area (TPSA) is 68.6 Å². The van der Waals surface area contributed by atoms with Crippen molar-refractivity contribution in [1.82, 2.24) is 0 Å². The fraction of sp³-hybridized carbons (Fsp3) is 0. The van der Waals surface area contributed by atoms with Gasteiger partial charge in [0.05, 0.1) is 4.91 Å². The van der Waals surface area contributed by atoms with Gasteiger partial charge < -0.3 is 10.2 Å². The largest absolute Gasteiger partial charge is 0.457 e. The average Bonchev–Trinajstić information content (AvgIpc) is 2.98. The third-order valence-corrected chi connectivity index (χ3v) is 3.48. The van der Waals surface area contributed by atoms with Gasteiger partial charge in [0.1, 0.15) is 17.3 Å². The Kier molecular flexibility index (Phi) is 3.15. The predicted molar refractivity (Wildman–Crippen MR) is 76.3 cm³/mol. The summed E-state index contributed by atoms with van der Waals surface area (Å²) in [5.41, 5.74) is 6.23. The zero-order valence-corrected chi connectivity index (χ0v) is 11.0. The van der Waals surface area contributed by atoms with E-state index in [-0.39, 0.29) is 16.9 Å². The molecule has 0 saturated heterocycles. The summed E-state index contributed by atoms with van der Waals surface area (Å²) < 4.78 is 18.5. The van der Waals surface area contributed by atoms with Crippen molar-refractivity contribution in [3.63, 3.8) is 0 Å². The molecule has 2 N–H and O–H groups in total. The number of amides is 1. The number of nitrogens with zero attached hydrogens (tertiary/aromatic N) is 1. The number of furan rings is 1. The Morgan fingerprint density at radius 2 is 1.95 bits per heavy atom. The smallest absolute Gasteiger partial charge is 0.286 e. The molecule has 3 rings (SSSR count). The summed E-state index contributed by atoms with van der Waals surface area (Å²) >= 11 is 1.11. The van der Waals surface area contributed by atoms with E-state index in [4.69, 9.17) is 10.2 Å². The minimum atomic E-state index is -0.368. The summed E-state index contributed by atoms with van der Waals surface area (Å²) in [6, 6.07) is 9.47. The molecule has 100 valence electrons. The second-order valence-corrected chi connectivity index (χ2v) is 5.14. The fourth-order valence-corrected chi connectivity index (χ4v) is 2.42. The van der Waals surface area contributed by atoms with Crippen LogP contribution in [0.3, 0.4) is 0 Å². The van der Waals surface area contributed by atoms with E-state index in [0.717, 1.165) is 17.3 Å². The summed E-state index contributed by atoms with van der Waals surface area (Å²) in [5.74, 6) is 0.446. The highest BCUT2D eigenvalue weighted by Crippen LogP contribution is 2.29. The number of hydrogen-bond donors (Lipinski definition) is 1. The van der Waals surface area contributed by atoms with Gasteiger partial charge in [-0.05, 0) is 48.2 Å². The van der Waals surface area contributed by atoms with Crippen LogP contribution < -0.4 is 5.73 Å². The predicted octanol–water partition coefficient (Wildman–Crippen LogP) is 3.01. The lowest BCUT2D eigenvalue weighted by atomic mass is 10.2. The molecule has 1 aromatic heterocycles. The van der Waals surface area contributed by atoms with Crippen LogP contribution in [0.25, 0.3) is 17.4 Å². The van der Waals surface area contributed by atoms with Crippen LogP contribution in [0.2, 0.25) is 0 Å². The molecule has 2 heterocycles. The van der Waals surface area contributed by atoms with E-state index in [2.05, 4.69) is 4.99 Å². The minimum absolute atomic E-state index is 0.228. The lowest BCUT2D eigenvalue weighted by Gasteiger charge is -1.96. The molecule has 1 aliphatic heterocycles. The van der Waals surface area contributed by atoms with Crippen LogP contribution >= 0.6 is 11.8 Å². The first-order valence-electron chi connectivity index (χ1n) is 5.75. The highest BCUT2D eigenvalue weighted by molar-refractivity contribution is 8.18. The van der Waals surface area contributed by atoms with Gasteiger partial charge in [-0.25, -0.2) is 4.39 Å². The van der Waals surface area contributed by atoms with Crippen molar-refractivity contribution >= 4 is 28.9 Å². The average molecular weight is 288 g/mol. The summed E-state index contributed by atoms with van der Waals surface area (Å²) in [4.78, 5) is 15.5. The molecule has 4 nitrogen and oxygen atoms in total. The van der Waals surface area contributed by atoms with Gasteiger partial charge in [0, 0.05) is 11.6 Å². The van der Waals surface area contributed by atoms with E-state index in [1.165, 1.54) is 12.1 Å². The van der Waals surface area contributed by atoms with Gasteiger partial charge in [-0.15, -0.1) is 0 Å². The van der Waals surface area contributed by atoms with E-state index in [0.29, 0.717) is 16.4 Å². The van der Waals surface area contributed by atoms with E-state index >= 15 is 0 Å². The first-order valence-corrected chi connectivity index (χ1v) is 6.57. The first-order chi connectivity index (χ1) is 9.61. The van der Waals surface area contributed by atoms with Gasteiger partial charge in [0.25, 0.3) is 5.91 Å². The van der Waals surface area contributed by atoms with Crippen LogP contribution in [-0.2, 0) is 4.79 Å². The SMILES string of the molecule is NC1=NC(=O)/C(=C\c2ccc(-c3ccc(F)cc3)o2)S1. The van der Waals surface area contributed by atoms with Crippen LogP contribution in [0.1, 0.15) is 5.76 Å². The molecule has 0 atom stereocenters. The molecule has 0 fully saturated rings. The Morgan fingerprint density at radius 1 is 1.20 bits per heavy atom. The normalized spacial score (nSPS) is 16.8. The fourth-order valence-electron chi connectivity index (χ4n) is 1.75. The maximum absolute atomic E-state index is 12.9. The van der Waals surface area contributed by atoms with Crippen molar-refractivity contribution < 1.29 is 13.6 Å². The maximum Gasteiger partial charge on any atom is 0.286 e. The lowest BCUT2D eigenvalue weighted by molar-refractivity contribution is -0.113. The third kappa shape index (κ3) is 2.50. The van der Waals surface area contributed by atoms with Crippen molar-refractivity contribution in [2.24, 2.45) is 10.7 Å². The van der Waals surface area contributed by atoms with E-state index in [1.807, 2.05) is 0 Å². The molecule has 1 aromatic carbocycles. The molecular formula is C14H9FN2O2S. The summed E-state index contributed by atoms with van der Waals surface area (Å²) in [7, 11) is 0. The van der Waals surface area contributed by atoms with Crippen molar-refractivity contribution in [3.05, 3.63) is 52.9 Å². The van der Waals surface area contributed by atoms with E-state index in [1.54, 1.807) is 30.3 Å². The van der Waals surface area contributed by atoms with Crippen molar-refractivity contribution in [1.29, 1.82) is 0 Å². The van der Waals surface area contributed by atoms with Gasteiger partial charge in [0.15, 0.2) is 5.17 Å². The van der Waals surface area contributed by atoms with E-state index in [9.17, 15) is 9.18 Å². The van der Waals surface area contributed by atoms with Gasteiger partial charge >= 0.3 is 0 Å². The molecule has 0 saturated carbocycles. The van der Waals surface area contributed by atoms with Crippen LogP contribution in [0, 0.1) is 5.82 Å². The number of aliphatic imine (C=N–C) groups is 1. The van der Waals surface area contributed by atoms with Crippen molar-refractivity contribution in [3.8, 4) is 11.3 Å². The number of thioether (sulfide) groups is 1. The number of amidine groups is 1. The van der Waals surface area contributed by atoms with Crippen molar-refractivity contribution in [2.45, 2.75) is 0 Å². The van der Waals surface area contributed by atoms with Crippen LogP contribution in [0.15, 0.2) is 50.7 Å². The number of carbonyl (C=O) groups is 1. The highest BCUT2D eigenvalue weighted by Gasteiger charge is 2.20. The van der Waals surface area contributed by atoms with Crippen LogP contribution in [0.4, 0.5) is 4.39 Å². The molecule has 0 spiro atoms. The summed E-state index contributed by atoms with van der Waals surface area (Å²) in [6.07, 6.45) is 1.59. The molecule has 20 heavy (non-hydrogen) atoms. The van der Waals surface area contributed by atoms with Gasteiger partial charge in [-0.1, -0.05) is 0 Å². The first kappa shape index (κ1) is 12.7. The standard InChI is InChI=1S/C14H9FN2O2S/c15-9-3-1-8(2-4-9)11-6-5-10(19-11)7-12-13(18)17-14(16)20-12/h1-7H,(H2,16,17,18)/b12-7+. The zero-order valence-electron chi connectivity index (χ0n) is 10.2.